The first-order chi connectivity index (χ1) is 7.99. The van der Waals surface area contributed by atoms with Gasteiger partial charge in [-0.2, -0.15) is 0 Å². The van der Waals surface area contributed by atoms with Crippen molar-refractivity contribution in [1.29, 1.82) is 0 Å². The van der Waals surface area contributed by atoms with Gasteiger partial charge >= 0.3 is 0 Å². The van der Waals surface area contributed by atoms with Crippen LogP contribution in [0.15, 0.2) is 30.3 Å². The Morgan fingerprint density at radius 3 is 2.24 bits per heavy atom. The number of aryl methyl sites for hydroxylation is 2. The average molecular weight is 228 g/mol. The molecule has 88 valence electrons. The number of phenolic OH excluding ortho intramolecular Hbond substituents is 2. The summed E-state index contributed by atoms with van der Waals surface area (Å²) in [6.45, 7) is 5.90. The minimum atomic E-state index is 0.0870. The van der Waals surface area contributed by atoms with Gasteiger partial charge in [-0.05, 0) is 49.1 Å². The van der Waals surface area contributed by atoms with E-state index in [1.807, 2.05) is 26.8 Å². The highest BCUT2D eigenvalue weighted by Gasteiger charge is 2.10. The highest BCUT2D eigenvalue weighted by molar-refractivity contribution is 5.74. The van der Waals surface area contributed by atoms with Crippen molar-refractivity contribution in [2.24, 2.45) is 0 Å². The van der Waals surface area contributed by atoms with Crippen LogP contribution in [0.4, 0.5) is 0 Å². The second-order valence-electron chi connectivity index (χ2n) is 4.46. The Morgan fingerprint density at radius 1 is 0.824 bits per heavy atom. The molecule has 2 nitrogen and oxygen atoms in total. The van der Waals surface area contributed by atoms with Crippen LogP contribution in [-0.4, -0.2) is 10.2 Å². The minimum absolute atomic E-state index is 0.0870. The number of hydrogen-bond acceptors (Lipinski definition) is 2. The van der Waals surface area contributed by atoms with Crippen LogP contribution in [0.3, 0.4) is 0 Å². The molecule has 2 heteroatoms. The monoisotopic (exact) mass is 228 g/mol. The summed E-state index contributed by atoms with van der Waals surface area (Å²) in [4.78, 5) is 0. The second-order valence-corrected chi connectivity index (χ2v) is 4.46. The molecule has 0 aliphatic rings. The van der Waals surface area contributed by atoms with Gasteiger partial charge in [0.05, 0.1) is 0 Å². The Balaban J connectivity index is 2.72. The Kier molecular flexibility index (Phi) is 2.80. The smallest absolute Gasteiger partial charge is 0.122 e. The molecule has 0 fully saturated rings. The second kappa shape index (κ2) is 4.13. The van der Waals surface area contributed by atoms with Gasteiger partial charge in [0.2, 0.25) is 0 Å². The maximum Gasteiger partial charge on any atom is 0.122 e. The van der Waals surface area contributed by atoms with E-state index in [1.54, 1.807) is 6.07 Å². The maximum absolute atomic E-state index is 9.74. The van der Waals surface area contributed by atoms with Crippen LogP contribution in [-0.2, 0) is 0 Å². The molecule has 0 aliphatic heterocycles. The lowest BCUT2D eigenvalue weighted by atomic mass is 9.94. The highest BCUT2D eigenvalue weighted by atomic mass is 16.3. The summed E-state index contributed by atoms with van der Waals surface area (Å²) in [7, 11) is 0. The molecule has 2 aromatic rings. The van der Waals surface area contributed by atoms with Gasteiger partial charge < -0.3 is 10.2 Å². The molecule has 0 bridgehead atoms. The van der Waals surface area contributed by atoms with E-state index in [-0.39, 0.29) is 11.5 Å². The molecular weight excluding hydrogens is 212 g/mol. The molecule has 2 N–H and O–H groups in total. The first-order valence-corrected chi connectivity index (χ1v) is 5.59. The van der Waals surface area contributed by atoms with Gasteiger partial charge in [0.1, 0.15) is 11.5 Å². The predicted octanol–water partition coefficient (Wildman–Crippen LogP) is 3.69. The molecule has 17 heavy (non-hydrogen) atoms. The average Bonchev–Trinajstić information content (AvgIpc) is 2.27. The van der Waals surface area contributed by atoms with E-state index >= 15 is 0 Å². The molecule has 0 aliphatic carbocycles. The van der Waals surface area contributed by atoms with Gasteiger partial charge in [-0.25, -0.2) is 0 Å². The number of benzene rings is 2. The van der Waals surface area contributed by atoms with Crippen molar-refractivity contribution in [2.75, 3.05) is 0 Å². The highest BCUT2D eigenvalue weighted by Crippen LogP contribution is 2.35. The fourth-order valence-electron chi connectivity index (χ4n) is 1.99. The van der Waals surface area contributed by atoms with Gasteiger partial charge in [0.25, 0.3) is 0 Å². The third kappa shape index (κ3) is 2.11. The Labute approximate surface area is 101 Å². The van der Waals surface area contributed by atoms with Gasteiger partial charge in [0.15, 0.2) is 0 Å². The van der Waals surface area contributed by atoms with Crippen molar-refractivity contribution in [1.82, 2.24) is 0 Å². The van der Waals surface area contributed by atoms with Crippen LogP contribution >= 0.6 is 0 Å². The summed E-state index contributed by atoms with van der Waals surface area (Å²) in [5, 5.41) is 19.3. The number of aromatic hydroxyl groups is 2. The van der Waals surface area contributed by atoms with Crippen LogP contribution in [0.1, 0.15) is 16.7 Å². The van der Waals surface area contributed by atoms with Crippen LogP contribution in [0.25, 0.3) is 11.1 Å². The Hall–Kier alpha value is -1.96. The normalized spacial score (nSPS) is 10.5. The molecule has 0 saturated heterocycles. The van der Waals surface area contributed by atoms with Gasteiger partial charge in [-0.15, -0.1) is 0 Å². The van der Waals surface area contributed by atoms with E-state index in [1.165, 1.54) is 6.07 Å². The molecule has 0 aromatic heterocycles. The van der Waals surface area contributed by atoms with Crippen molar-refractivity contribution in [3.8, 4) is 22.6 Å². The van der Waals surface area contributed by atoms with E-state index in [2.05, 4.69) is 12.1 Å². The summed E-state index contributed by atoms with van der Waals surface area (Å²) in [5.74, 6) is 0.213. The molecule has 2 rings (SSSR count). The lowest BCUT2D eigenvalue weighted by Crippen LogP contribution is -1.89. The molecule has 0 heterocycles. The van der Waals surface area contributed by atoms with Crippen LogP contribution in [0.5, 0.6) is 11.5 Å². The van der Waals surface area contributed by atoms with Crippen molar-refractivity contribution < 1.29 is 10.2 Å². The molecule has 0 unspecified atom stereocenters. The van der Waals surface area contributed by atoms with Crippen LogP contribution in [0, 0.1) is 20.8 Å². The predicted molar refractivity (Wildman–Crippen MR) is 69.4 cm³/mol. The summed E-state index contributed by atoms with van der Waals surface area (Å²) in [6.07, 6.45) is 0. The van der Waals surface area contributed by atoms with Crippen molar-refractivity contribution >= 4 is 0 Å². The zero-order valence-electron chi connectivity index (χ0n) is 10.3. The maximum atomic E-state index is 9.74. The third-order valence-corrected chi connectivity index (χ3v) is 3.05. The molecule has 0 radical (unpaired) electrons. The first kappa shape index (κ1) is 11.5. The Morgan fingerprint density at radius 2 is 1.53 bits per heavy atom. The lowest BCUT2D eigenvalue weighted by Gasteiger charge is -2.12. The molecule has 0 atom stereocenters. The standard InChI is InChI=1S/C15H16O2/c1-9-4-5-10(2)13(6-9)14-7-12(16)8-15(17)11(14)3/h4-8,16-17H,1-3H3. The largest absolute Gasteiger partial charge is 0.508 e. The molecular formula is C15H16O2. The molecule has 0 spiro atoms. The van der Waals surface area contributed by atoms with E-state index in [0.29, 0.717) is 0 Å². The van der Waals surface area contributed by atoms with E-state index in [0.717, 1.165) is 27.8 Å². The van der Waals surface area contributed by atoms with Crippen molar-refractivity contribution in [2.45, 2.75) is 20.8 Å². The van der Waals surface area contributed by atoms with E-state index in [9.17, 15) is 10.2 Å². The quantitative estimate of drug-likeness (QED) is 0.781. The number of hydrogen-bond donors (Lipinski definition) is 2. The summed E-state index contributed by atoms with van der Waals surface area (Å²) in [5.41, 5.74) is 5.01. The first-order valence-electron chi connectivity index (χ1n) is 5.59. The molecule has 2 aromatic carbocycles. The molecule has 0 amide bonds. The van der Waals surface area contributed by atoms with E-state index in [4.69, 9.17) is 0 Å². The topological polar surface area (TPSA) is 40.5 Å². The van der Waals surface area contributed by atoms with E-state index < -0.39 is 0 Å². The fraction of sp³-hybridized carbons (Fsp3) is 0.200. The van der Waals surface area contributed by atoms with Gasteiger partial charge in [-0.1, -0.05) is 23.8 Å². The third-order valence-electron chi connectivity index (χ3n) is 3.05. The van der Waals surface area contributed by atoms with Gasteiger partial charge in [-0.3, -0.25) is 0 Å². The van der Waals surface area contributed by atoms with Crippen LogP contribution in [0.2, 0.25) is 0 Å². The van der Waals surface area contributed by atoms with Gasteiger partial charge in [0, 0.05) is 6.07 Å². The summed E-state index contributed by atoms with van der Waals surface area (Å²) >= 11 is 0. The number of phenols is 2. The Bertz CT molecular complexity index is 571. The fourth-order valence-corrected chi connectivity index (χ4v) is 1.99. The van der Waals surface area contributed by atoms with Crippen molar-refractivity contribution in [3.63, 3.8) is 0 Å². The van der Waals surface area contributed by atoms with Crippen molar-refractivity contribution in [3.05, 3.63) is 47.0 Å². The zero-order chi connectivity index (χ0) is 12.6. The SMILES string of the molecule is Cc1ccc(C)c(-c2cc(O)cc(O)c2C)c1. The minimum Gasteiger partial charge on any atom is -0.508 e. The lowest BCUT2D eigenvalue weighted by molar-refractivity contribution is 0.448. The zero-order valence-corrected chi connectivity index (χ0v) is 10.3. The number of rotatable bonds is 1. The summed E-state index contributed by atoms with van der Waals surface area (Å²) < 4.78 is 0. The van der Waals surface area contributed by atoms with Crippen LogP contribution < -0.4 is 0 Å². The molecule has 0 saturated carbocycles. The summed E-state index contributed by atoms with van der Waals surface area (Å²) in [6, 6.07) is 9.22.